The van der Waals surface area contributed by atoms with Crippen molar-refractivity contribution in [1.82, 2.24) is 0 Å². The summed E-state index contributed by atoms with van der Waals surface area (Å²) >= 11 is 0. The van der Waals surface area contributed by atoms with Crippen molar-refractivity contribution >= 4 is 53.6 Å². The fourth-order valence-corrected chi connectivity index (χ4v) is 1.07. The number of hydrogen-bond acceptors (Lipinski definition) is 3. The Labute approximate surface area is 109 Å². The summed E-state index contributed by atoms with van der Waals surface area (Å²) in [4.78, 5) is 10.1. The molecular formula is C5H9CaF3O4S. The van der Waals surface area contributed by atoms with Gasteiger partial charge in [0.2, 0.25) is 5.78 Å². The predicted octanol–water partition coefficient (Wildman–Crippen LogP) is -0.130. The molecule has 0 heterocycles. The third-order valence-electron chi connectivity index (χ3n) is 1.12. The summed E-state index contributed by atoms with van der Waals surface area (Å²) in [5, 5.41) is 0. The first-order valence-electron chi connectivity index (χ1n) is 3.18. The summed E-state index contributed by atoms with van der Waals surface area (Å²) < 4.78 is 62.7. The zero-order valence-electron chi connectivity index (χ0n) is 6.34. The van der Waals surface area contributed by atoms with E-state index in [1.165, 1.54) is 0 Å². The molecule has 0 aromatic rings. The normalized spacial score (nSPS) is 12.0. The molecule has 0 aliphatic carbocycles. The zero-order valence-corrected chi connectivity index (χ0v) is 7.15. The van der Waals surface area contributed by atoms with Gasteiger partial charge in [0.1, 0.15) is 0 Å². The van der Waals surface area contributed by atoms with Gasteiger partial charge in [0.25, 0.3) is 10.1 Å². The Morgan fingerprint density at radius 2 is 1.71 bits per heavy atom. The van der Waals surface area contributed by atoms with E-state index in [0.29, 0.717) is 0 Å². The Bertz CT molecular complexity index is 284. The summed E-state index contributed by atoms with van der Waals surface area (Å²) in [6, 6.07) is 0. The molecule has 0 bridgehead atoms. The van der Waals surface area contributed by atoms with Gasteiger partial charge in [0.15, 0.2) is 0 Å². The zero-order chi connectivity index (χ0) is 10.7. The van der Waals surface area contributed by atoms with Crippen LogP contribution in [-0.2, 0) is 14.9 Å². The molecule has 0 rings (SSSR count). The van der Waals surface area contributed by atoms with Crippen LogP contribution >= 0.6 is 0 Å². The number of rotatable bonds is 4. The summed E-state index contributed by atoms with van der Waals surface area (Å²) in [5.41, 5.74) is 0. The SMILES string of the molecule is O=C(CCCS(=O)(=O)O)C(F)(F)F.[CaH2]. The van der Waals surface area contributed by atoms with E-state index >= 15 is 0 Å². The van der Waals surface area contributed by atoms with Crippen molar-refractivity contribution in [3.05, 3.63) is 0 Å². The third-order valence-corrected chi connectivity index (χ3v) is 1.93. The van der Waals surface area contributed by atoms with E-state index in [4.69, 9.17) is 4.55 Å². The van der Waals surface area contributed by atoms with Gasteiger partial charge in [0.05, 0.1) is 5.75 Å². The van der Waals surface area contributed by atoms with Crippen LogP contribution < -0.4 is 0 Å². The topological polar surface area (TPSA) is 71.4 Å². The van der Waals surface area contributed by atoms with Crippen LogP contribution in [-0.4, -0.2) is 68.4 Å². The summed E-state index contributed by atoms with van der Waals surface area (Å²) in [7, 11) is -4.28. The van der Waals surface area contributed by atoms with Crippen LogP contribution in [0.2, 0.25) is 0 Å². The number of carbonyl (C=O) groups is 1. The molecule has 0 fully saturated rings. The Kier molecular flexibility index (Phi) is 7.62. The van der Waals surface area contributed by atoms with Gasteiger partial charge in [-0.25, -0.2) is 0 Å². The van der Waals surface area contributed by atoms with E-state index in [9.17, 15) is 26.4 Å². The van der Waals surface area contributed by atoms with Crippen LogP contribution in [0.25, 0.3) is 0 Å². The Morgan fingerprint density at radius 3 is 2.00 bits per heavy atom. The molecule has 0 aromatic carbocycles. The fourth-order valence-electron chi connectivity index (χ4n) is 0.557. The maximum absolute atomic E-state index is 11.5. The van der Waals surface area contributed by atoms with Gasteiger partial charge >= 0.3 is 43.9 Å². The van der Waals surface area contributed by atoms with Crippen molar-refractivity contribution in [1.29, 1.82) is 0 Å². The Hall–Kier alpha value is 0.630. The average molecular weight is 262 g/mol. The first-order chi connectivity index (χ1) is 5.63. The van der Waals surface area contributed by atoms with E-state index in [2.05, 4.69) is 0 Å². The van der Waals surface area contributed by atoms with Gasteiger partial charge in [-0.05, 0) is 6.42 Å². The van der Waals surface area contributed by atoms with Gasteiger partial charge in [-0.1, -0.05) is 0 Å². The molecule has 0 saturated heterocycles. The molecule has 0 atom stereocenters. The van der Waals surface area contributed by atoms with Crippen LogP contribution in [0.5, 0.6) is 0 Å². The third kappa shape index (κ3) is 9.20. The summed E-state index contributed by atoms with van der Waals surface area (Å²) in [6.07, 6.45) is -6.39. The van der Waals surface area contributed by atoms with Crippen LogP contribution in [0.15, 0.2) is 0 Å². The second kappa shape index (κ2) is 6.26. The van der Waals surface area contributed by atoms with Crippen molar-refractivity contribution in [2.45, 2.75) is 19.0 Å². The van der Waals surface area contributed by atoms with E-state index in [0.717, 1.165) is 0 Å². The number of alkyl halides is 3. The molecule has 9 heteroatoms. The van der Waals surface area contributed by atoms with Crippen molar-refractivity contribution < 1.29 is 30.9 Å². The predicted molar refractivity (Wildman–Crippen MR) is 45.3 cm³/mol. The monoisotopic (exact) mass is 262 g/mol. The van der Waals surface area contributed by atoms with E-state index in [1.54, 1.807) is 0 Å². The molecule has 0 radical (unpaired) electrons. The molecule has 0 aliphatic rings. The molecular weight excluding hydrogens is 253 g/mol. The molecule has 0 unspecified atom stereocenters. The molecule has 4 nitrogen and oxygen atoms in total. The van der Waals surface area contributed by atoms with Gasteiger partial charge in [-0.15, -0.1) is 0 Å². The van der Waals surface area contributed by atoms with Gasteiger partial charge in [-0.2, -0.15) is 21.6 Å². The number of Topliss-reactive ketones (excluding diaryl/α,β-unsaturated/α-hetero) is 1. The maximum atomic E-state index is 11.5. The molecule has 0 amide bonds. The minimum absolute atomic E-state index is 0. The molecule has 0 spiro atoms. The number of hydrogen-bond donors (Lipinski definition) is 1. The van der Waals surface area contributed by atoms with E-state index < -0.39 is 40.7 Å². The molecule has 82 valence electrons. The minimum atomic E-state index is -4.93. The van der Waals surface area contributed by atoms with Crippen molar-refractivity contribution in [3.8, 4) is 0 Å². The molecule has 14 heavy (non-hydrogen) atoms. The molecule has 1 N–H and O–H groups in total. The second-order valence-corrected chi connectivity index (χ2v) is 3.88. The Balaban J connectivity index is 0. The summed E-state index contributed by atoms with van der Waals surface area (Å²) in [6.45, 7) is 0. The summed E-state index contributed by atoms with van der Waals surface area (Å²) in [5.74, 6) is -2.83. The number of halogens is 3. The quantitative estimate of drug-likeness (QED) is 0.566. The number of carbonyl (C=O) groups excluding carboxylic acids is 1. The van der Waals surface area contributed by atoms with E-state index in [-0.39, 0.29) is 37.7 Å². The van der Waals surface area contributed by atoms with Crippen LogP contribution in [0, 0.1) is 0 Å². The van der Waals surface area contributed by atoms with Crippen LogP contribution in [0.4, 0.5) is 13.2 Å². The van der Waals surface area contributed by atoms with Crippen molar-refractivity contribution in [2.75, 3.05) is 5.75 Å². The number of ketones is 1. The first-order valence-corrected chi connectivity index (χ1v) is 4.79. The molecule has 0 saturated carbocycles. The van der Waals surface area contributed by atoms with Crippen molar-refractivity contribution in [3.63, 3.8) is 0 Å². The van der Waals surface area contributed by atoms with Gasteiger partial charge in [-0.3, -0.25) is 9.35 Å². The van der Waals surface area contributed by atoms with Gasteiger partial charge in [0, 0.05) is 6.42 Å². The van der Waals surface area contributed by atoms with Crippen LogP contribution in [0.3, 0.4) is 0 Å². The fraction of sp³-hybridized carbons (Fsp3) is 0.800. The second-order valence-electron chi connectivity index (χ2n) is 2.31. The van der Waals surface area contributed by atoms with E-state index in [1.807, 2.05) is 0 Å². The Morgan fingerprint density at radius 1 is 1.29 bits per heavy atom. The average Bonchev–Trinajstić information content (AvgIpc) is 1.82. The first kappa shape index (κ1) is 17.0. The standard InChI is InChI=1S/C5H7F3O4S.Ca.2H/c6-5(7,8)4(9)2-1-3-13(10,11)12;;;/h1-3H2,(H,10,11,12);;;. The van der Waals surface area contributed by atoms with Gasteiger partial charge < -0.3 is 0 Å². The van der Waals surface area contributed by atoms with Crippen LogP contribution in [0.1, 0.15) is 12.8 Å². The van der Waals surface area contributed by atoms with Crippen molar-refractivity contribution in [2.24, 2.45) is 0 Å². The molecule has 0 aliphatic heterocycles. The molecule has 0 aromatic heterocycles.